The minimum absolute atomic E-state index is 0.0758. The molecule has 2 unspecified atom stereocenters. The van der Waals surface area contributed by atoms with Crippen molar-refractivity contribution in [2.75, 3.05) is 46.5 Å². The molecule has 5 heterocycles. The van der Waals surface area contributed by atoms with E-state index in [2.05, 4.69) is 21.0 Å². The smallest absolute Gasteiger partial charge is 0.273 e. The third kappa shape index (κ3) is 5.03. The number of aromatic amines is 1. The number of methoxy groups -OCH3 is 1. The van der Waals surface area contributed by atoms with E-state index in [9.17, 15) is 4.79 Å². The number of fused-ring (bicyclic) bond motifs is 1. The molecule has 7 rings (SSSR count). The van der Waals surface area contributed by atoms with Crippen molar-refractivity contribution in [3.8, 4) is 22.8 Å². The van der Waals surface area contributed by atoms with Crippen LogP contribution in [0.1, 0.15) is 28.8 Å². The summed E-state index contributed by atoms with van der Waals surface area (Å²) in [7, 11) is 1.62. The topological polar surface area (TPSA) is 101 Å². The van der Waals surface area contributed by atoms with Crippen molar-refractivity contribution in [1.29, 1.82) is 0 Å². The number of para-hydroxylation sites is 2. The van der Waals surface area contributed by atoms with Crippen molar-refractivity contribution in [3.05, 3.63) is 90.6 Å². The van der Waals surface area contributed by atoms with Crippen molar-refractivity contribution in [3.63, 3.8) is 0 Å². The molecule has 10 nitrogen and oxygen atoms in total. The van der Waals surface area contributed by atoms with Gasteiger partial charge in [0, 0.05) is 38.2 Å². The van der Waals surface area contributed by atoms with Gasteiger partial charge in [-0.05, 0) is 42.7 Å². The highest BCUT2D eigenvalue weighted by Crippen LogP contribution is 2.33. The molecule has 1 N–H and O–H groups in total. The molecule has 214 valence electrons. The molecule has 3 aromatic heterocycles. The van der Waals surface area contributed by atoms with Gasteiger partial charge in [-0.15, -0.1) is 0 Å². The fourth-order valence-corrected chi connectivity index (χ4v) is 6.05. The molecule has 2 aliphatic heterocycles. The van der Waals surface area contributed by atoms with Crippen molar-refractivity contribution >= 4 is 16.8 Å². The van der Waals surface area contributed by atoms with Crippen molar-refractivity contribution in [2.45, 2.75) is 12.5 Å². The van der Waals surface area contributed by atoms with E-state index in [-0.39, 0.29) is 11.9 Å². The molecular formula is C32H33N7O3. The number of imidazole rings is 1. The molecule has 2 fully saturated rings. The first-order valence-electron chi connectivity index (χ1n) is 14.4. The van der Waals surface area contributed by atoms with E-state index in [0.717, 1.165) is 66.4 Å². The zero-order valence-electron chi connectivity index (χ0n) is 23.5. The van der Waals surface area contributed by atoms with E-state index in [4.69, 9.17) is 19.4 Å². The normalized spacial score (nSPS) is 19.4. The monoisotopic (exact) mass is 563 g/mol. The summed E-state index contributed by atoms with van der Waals surface area (Å²) >= 11 is 0. The lowest BCUT2D eigenvalue weighted by Gasteiger charge is -2.41. The maximum Gasteiger partial charge on any atom is 0.273 e. The number of rotatable bonds is 7. The number of benzene rings is 2. The average Bonchev–Trinajstić information content (AvgIpc) is 3.83. The summed E-state index contributed by atoms with van der Waals surface area (Å²) in [6.45, 7) is 4.58. The highest BCUT2D eigenvalue weighted by atomic mass is 16.5. The van der Waals surface area contributed by atoms with Crippen LogP contribution in [-0.2, 0) is 4.74 Å². The van der Waals surface area contributed by atoms with Crippen molar-refractivity contribution < 1.29 is 14.3 Å². The number of aromatic nitrogens is 5. The van der Waals surface area contributed by atoms with Gasteiger partial charge in [0.25, 0.3) is 5.91 Å². The van der Waals surface area contributed by atoms with Gasteiger partial charge in [-0.25, -0.2) is 14.6 Å². The Balaban J connectivity index is 1.23. The molecule has 5 aromatic rings. The molecule has 2 aliphatic rings. The number of pyridine rings is 1. The van der Waals surface area contributed by atoms with Crippen LogP contribution >= 0.6 is 0 Å². The number of carbonyl (C=O) groups is 1. The number of piperazine rings is 1. The van der Waals surface area contributed by atoms with Gasteiger partial charge in [0.2, 0.25) is 5.88 Å². The van der Waals surface area contributed by atoms with Crippen molar-refractivity contribution in [1.82, 2.24) is 34.5 Å². The van der Waals surface area contributed by atoms with Crippen LogP contribution in [0.25, 0.3) is 27.8 Å². The summed E-state index contributed by atoms with van der Waals surface area (Å²) < 4.78 is 13.0. The minimum atomic E-state index is -0.277. The van der Waals surface area contributed by atoms with Gasteiger partial charge < -0.3 is 19.4 Å². The van der Waals surface area contributed by atoms with Crippen LogP contribution in [0.3, 0.4) is 0 Å². The summed E-state index contributed by atoms with van der Waals surface area (Å²) in [6, 6.07) is 21.3. The maximum absolute atomic E-state index is 14.2. The van der Waals surface area contributed by atoms with Gasteiger partial charge in [0.15, 0.2) is 0 Å². The van der Waals surface area contributed by atoms with E-state index in [1.807, 2.05) is 65.7 Å². The number of amides is 1. The first-order chi connectivity index (χ1) is 20.7. The summed E-state index contributed by atoms with van der Waals surface area (Å²) in [5, 5.41) is 5.48. The van der Waals surface area contributed by atoms with Crippen LogP contribution in [0, 0.1) is 5.92 Å². The lowest BCUT2D eigenvalue weighted by Crippen LogP contribution is -2.52. The Morgan fingerprint density at radius 3 is 2.79 bits per heavy atom. The van der Waals surface area contributed by atoms with E-state index < -0.39 is 0 Å². The van der Waals surface area contributed by atoms with E-state index in [1.165, 1.54) is 0 Å². The molecule has 0 saturated carbocycles. The highest BCUT2D eigenvalue weighted by molar-refractivity contribution is 5.93. The van der Waals surface area contributed by atoms with Gasteiger partial charge in [-0.1, -0.05) is 36.4 Å². The van der Waals surface area contributed by atoms with Crippen LogP contribution in [0.2, 0.25) is 0 Å². The Morgan fingerprint density at radius 1 is 1.10 bits per heavy atom. The van der Waals surface area contributed by atoms with Gasteiger partial charge in [0.05, 0.1) is 48.6 Å². The molecule has 0 radical (unpaired) electrons. The summed E-state index contributed by atoms with van der Waals surface area (Å²) in [5.74, 6) is 1.68. The van der Waals surface area contributed by atoms with E-state index in [0.29, 0.717) is 30.6 Å². The molecule has 0 spiro atoms. The molecule has 0 aliphatic carbocycles. The molecule has 2 atom stereocenters. The third-order valence-electron chi connectivity index (χ3n) is 8.21. The number of hydrogen-bond donors (Lipinski definition) is 1. The standard InChI is InChI=1S/C32H33N7O3/c1-41-31-25(17-23-7-5-6-10-26(23)36-31)27-18-33-30(35-27)29-20-37(19-22-12-16-42-21-22)14-15-38(29)32(40)28-11-13-34-39(28)24-8-3-2-4-9-24/h2-11,13,17-18,22,29H,12,14-16,19-21H2,1H3,(H,33,35). The van der Waals surface area contributed by atoms with Crippen LogP contribution in [-0.4, -0.2) is 86.9 Å². The number of ether oxygens (including phenoxy) is 2. The molecular weight excluding hydrogens is 530 g/mol. The number of nitrogens with zero attached hydrogens (tertiary/aromatic N) is 6. The Hall–Kier alpha value is -4.54. The molecule has 0 bridgehead atoms. The van der Waals surface area contributed by atoms with Gasteiger partial charge >= 0.3 is 0 Å². The second-order valence-corrected chi connectivity index (χ2v) is 10.9. The Morgan fingerprint density at radius 2 is 1.95 bits per heavy atom. The van der Waals surface area contributed by atoms with Gasteiger partial charge in [-0.2, -0.15) is 5.10 Å². The Labute approximate surface area is 243 Å². The molecule has 10 heteroatoms. The number of hydrogen-bond acceptors (Lipinski definition) is 7. The minimum Gasteiger partial charge on any atom is -0.480 e. The molecule has 2 saturated heterocycles. The summed E-state index contributed by atoms with van der Waals surface area (Å²) in [6.07, 6.45) is 4.56. The van der Waals surface area contributed by atoms with Gasteiger partial charge in [0.1, 0.15) is 17.6 Å². The second-order valence-electron chi connectivity index (χ2n) is 10.9. The summed E-state index contributed by atoms with van der Waals surface area (Å²) in [5.41, 5.74) is 3.85. The SMILES string of the molecule is COc1nc2ccccc2cc1-c1cnc(C2CN(CC3CCOC3)CCN2C(=O)c2ccnn2-c2ccccc2)[nH]1. The fourth-order valence-electron chi connectivity index (χ4n) is 6.05. The predicted octanol–water partition coefficient (Wildman–Crippen LogP) is 4.35. The van der Waals surface area contributed by atoms with Crippen LogP contribution in [0.15, 0.2) is 79.1 Å². The van der Waals surface area contributed by atoms with Crippen molar-refractivity contribution in [2.24, 2.45) is 5.92 Å². The molecule has 1 amide bonds. The average molecular weight is 564 g/mol. The Bertz CT molecular complexity index is 1690. The zero-order chi connectivity index (χ0) is 28.5. The largest absolute Gasteiger partial charge is 0.480 e. The number of nitrogens with one attached hydrogen (secondary N) is 1. The lowest BCUT2D eigenvalue weighted by atomic mass is 10.1. The first kappa shape index (κ1) is 26.4. The molecule has 42 heavy (non-hydrogen) atoms. The lowest BCUT2D eigenvalue weighted by molar-refractivity contribution is 0.0385. The quantitative estimate of drug-likeness (QED) is 0.314. The fraction of sp³-hybridized carbons (Fsp3) is 0.312. The summed E-state index contributed by atoms with van der Waals surface area (Å²) in [4.78, 5) is 31.6. The van der Waals surface area contributed by atoms with Crippen LogP contribution < -0.4 is 4.74 Å². The van der Waals surface area contributed by atoms with Gasteiger partial charge in [-0.3, -0.25) is 9.69 Å². The second kappa shape index (κ2) is 11.4. The zero-order valence-corrected chi connectivity index (χ0v) is 23.5. The van der Waals surface area contributed by atoms with E-state index in [1.54, 1.807) is 24.1 Å². The van der Waals surface area contributed by atoms with Crippen LogP contribution in [0.5, 0.6) is 5.88 Å². The number of carbonyl (C=O) groups excluding carboxylic acids is 1. The first-order valence-corrected chi connectivity index (χ1v) is 14.4. The predicted molar refractivity (Wildman–Crippen MR) is 159 cm³/mol. The molecule has 2 aromatic carbocycles. The third-order valence-corrected chi connectivity index (χ3v) is 8.21. The number of H-pyrrole nitrogens is 1. The highest BCUT2D eigenvalue weighted by Gasteiger charge is 2.36. The van der Waals surface area contributed by atoms with Crippen LogP contribution in [0.4, 0.5) is 0 Å². The van der Waals surface area contributed by atoms with E-state index >= 15 is 0 Å². The maximum atomic E-state index is 14.2. The Kier molecular flexibility index (Phi) is 7.15.